The maximum absolute atomic E-state index is 11.8. The lowest BCUT2D eigenvalue weighted by Gasteiger charge is -2.29. The molecule has 0 radical (unpaired) electrons. The van der Waals surface area contributed by atoms with Gasteiger partial charge < -0.3 is 15.5 Å². The minimum absolute atomic E-state index is 0.0436. The molecule has 0 bridgehead atoms. The van der Waals surface area contributed by atoms with E-state index in [0.717, 1.165) is 25.1 Å². The van der Waals surface area contributed by atoms with Crippen molar-refractivity contribution in [1.82, 2.24) is 10.2 Å². The van der Waals surface area contributed by atoms with Crippen LogP contribution in [-0.2, 0) is 0 Å². The van der Waals surface area contributed by atoms with Crippen molar-refractivity contribution in [1.29, 1.82) is 5.26 Å². The van der Waals surface area contributed by atoms with Gasteiger partial charge in [-0.1, -0.05) is 18.2 Å². The van der Waals surface area contributed by atoms with Crippen LogP contribution in [0, 0.1) is 11.5 Å². The van der Waals surface area contributed by atoms with Crippen molar-refractivity contribution in [3.8, 4) is 6.19 Å². The summed E-state index contributed by atoms with van der Waals surface area (Å²) in [4.78, 5) is 13.4. The lowest BCUT2D eigenvalue weighted by molar-refractivity contribution is 0.231. The summed E-state index contributed by atoms with van der Waals surface area (Å²) < 4.78 is 0. The summed E-state index contributed by atoms with van der Waals surface area (Å²) in [6.07, 6.45) is 3.97. The van der Waals surface area contributed by atoms with Gasteiger partial charge in [-0.3, -0.25) is 0 Å². The van der Waals surface area contributed by atoms with Gasteiger partial charge in [-0.25, -0.2) is 4.79 Å². The number of anilines is 1. The number of carbonyl (C=O) groups is 1. The van der Waals surface area contributed by atoms with E-state index in [-0.39, 0.29) is 12.1 Å². The zero-order chi connectivity index (χ0) is 12.8. The normalized spacial score (nSPS) is 18.8. The molecule has 2 rings (SSSR count). The molecule has 1 fully saturated rings. The Morgan fingerprint density at radius 3 is 2.89 bits per heavy atom. The fraction of sp³-hybridized carbons (Fsp3) is 0.385. The number of hydrogen-bond donors (Lipinski definition) is 2. The first-order valence-corrected chi connectivity index (χ1v) is 6.05. The van der Waals surface area contributed by atoms with E-state index in [1.807, 2.05) is 30.3 Å². The van der Waals surface area contributed by atoms with E-state index >= 15 is 0 Å². The first-order valence-electron chi connectivity index (χ1n) is 6.05. The number of carbonyl (C=O) groups excluding carboxylic acids is 1. The highest BCUT2D eigenvalue weighted by atomic mass is 16.2. The molecule has 5 heteroatoms. The van der Waals surface area contributed by atoms with Crippen molar-refractivity contribution < 1.29 is 4.79 Å². The van der Waals surface area contributed by atoms with Crippen molar-refractivity contribution in [2.24, 2.45) is 0 Å². The largest absolute Gasteiger partial charge is 0.333 e. The van der Waals surface area contributed by atoms with Crippen molar-refractivity contribution in [3.05, 3.63) is 30.3 Å². The SMILES string of the molecule is N#CN1CCCC(NC(=O)Nc2ccccc2)C1. The molecule has 1 aromatic carbocycles. The fourth-order valence-electron chi connectivity index (χ4n) is 2.06. The number of nitrogens with one attached hydrogen (secondary N) is 2. The zero-order valence-corrected chi connectivity index (χ0v) is 10.1. The van der Waals surface area contributed by atoms with Gasteiger partial charge in [0, 0.05) is 24.8 Å². The van der Waals surface area contributed by atoms with Crippen molar-refractivity contribution in [2.75, 3.05) is 18.4 Å². The average molecular weight is 244 g/mol. The predicted octanol–water partition coefficient (Wildman–Crippen LogP) is 1.75. The topological polar surface area (TPSA) is 68.2 Å². The molecule has 0 aromatic heterocycles. The highest BCUT2D eigenvalue weighted by Gasteiger charge is 2.20. The van der Waals surface area contributed by atoms with Crippen LogP contribution in [0.4, 0.5) is 10.5 Å². The second-order valence-electron chi connectivity index (χ2n) is 4.35. The number of urea groups is 1. The molecular weight excluding hydrogens is 228 g/mol. The lowest BCUT2D eigenvalue weighted by Crippen LogP contribution is -2.47. The Bertz CT molecular complexity index is 440. The maximum atomic E-state index is 11.8. The number of nitriles is 1. The van der Waals surface area contributed by atoms with E-state index in [0.29, 0.717) is 6.54 Å². The molecule has 1 aliphatic rings. The molecular formula is C13H16N4O. The number of likely N-dealkylation sites (tertiary alicyclic amines) is 1. The molecule has 5 nitrogen and oxygen atoms in total. The van der Waals surface area contributed by atoms with Crippen molar-refractivity contribution in [3.63, 3.8) is 0 Å². The number of rotatable bonds is 2. The van der Waals surface area contributed by atoms with Crippen LogP contribution in [0.3, 0.4) is 0 Å². The standard InChI is InChI=1S/C13H16N4O/c14-10-17-8-4-7-12(9-17)16-13(18)15-11-5-2-1-3-6-11/h1-3,5-6,12H,4,7-9H2,(H2,15,16,18). The molecule has 0 aliphatic carbocycles. The molecule has 18 heavy (non-hydrogen) atoms. The smallest absolute Gasteiger partial charge is 0.319 e. The highest BCUT2D eigenvalue weighted by molar-refractivity contribution is 5.89. The van der Waals surface area contributed by atoms with E-state index in [4.69, 9.17) is 5.26 Å². The Hall–Kier alpha value is -2.22. The van der Waals surface area contributed by atoms with Gasteiger partial charge in [-0.2, -0.15) is 5.26 Å². The van der Waals surface area contributed by atoms with Crippen LogP contribution in [0.5, 0.6) is 0 Å². The number of nitrogens with zero attached hydrogens (tertiary/aromatic N) is 2. The van der Waals surface area contributed by atoms with Crippen LogP contribution in [0.15, 0.2) is 30.3 Å². The molecule has 1 aromatic rings. The number of hydrogen-bond acceptors (Lipinski definition) is 3. The van der Waals surface area contributed by atoms with E-state index in [1.165, 1.54) is 0 Å². The van der Waals surface area contributed by atoms with Gasteiger partial charge in [-0.05, 0) is 25.0 Å². The summed E-state index contributed by atoms with van der Waals surface area (Å²) in [5.74, 6) is 0. The molecule has 1 atom stereocenters. The molecule has 1 aliphatic heterocycles. The van der Waals surface area contributed by atoms with Gasteiger partial charge in [0.15, 0.2) is 6.19 Å². The number of amides is 2. The Kier molecular flexibility index (Phi) is 4.02. The minimum Gasteiger partial charge on any atom is -0.333 e. The van der Waals surface area contributed by atoms with Crippen molar-refractivity contribution in [2.45, 2.75) is 18.9 Å². The van der Waals surface area contributed by atoms with Crippen LogP contribution in [0.2, 0.25) is 0 Å². The molecule has 0 saturated carbocycles. The predicted molar refractivity (Wildman–Crippen MR) is 68.8 cm³/mol. The Labute approximate surface area is 106 Å². The van der Waals surface area contributed by atoms with Gasteiger partial charge in [0.05, 0.1) is 0 Å². The molecule has 2 N–H and O–H groups in total. The lowest BCUT2D eigenvalue weighted by atomic mass is 10.1. The number of piperidine rings is 1. The molecule has 1 unspecified atom stereocenters. The summed E-state index contributed by atoms with van der Waals surface area (Å²) in [5.41, 5.74) is 0.767. The van der Waals surface area contributed by atoms with Crippen LogP contribution < -0.4 is 10.6 Å². The van der Waals surface area contributed by atoms with E-state index < -0.39 is 0 Å². The van der Waals surface area contributed by atoms with Crippen LogP contribution in [0.1, 0.15) is 12.8 Å². The van der Waals surface area contributed by atoms with Crippen LogP contribution in [-0.4, -0.2) is 30.1 Å². The van der Waals surface area contributed by atoms with E-state index in [1.54, 1.807) is 4.90 Å². The summed E-state index contributed by atoms with van der Waals surface area (Å²) in [5, 5.41) is 14.5. The summed E-state index contributed by atoms with van der Waals surface area (Å²) >= 11 is 0. The molecule has 0 spiro atoms. The Morgan fingerprint density at radius 2 is 2.17 bits per heavy atom. The second-order valence-corrected chi connectivity index (χ2v) is 4.35. The first kappa shape index (κ1) is 12.2. The van der Waals surface area contributed by atoms with E-state index in [2.05, 4.69) is 16.8 Å². The number of para-hydroxylation sites is 1. The average Bonchev–Trinajstić information content (AvgIpc) is 2.40. The summed E-state index contributed by atoms with van der Waals surface area (Å²) in [6.45, 7) is 1.38. The molecule has 94 valence electrons. The summed E-state index contributed by atoms with van der Waals surface area (Å²) in [6, 6.07) is 9.13. The van der Waals surface area contributed by atoms with Gasteiger partial charge in [-0.15, -0.1) is 0 Å². The summed E-state index contributed by atoms with van der Waals surface area (Å²) in [7, 11) is 0. The quantitative estimate of drug-likeness (QED) is 0.779. The van der Waals surface area contributed by atoms with E-state index in [9.17, 15) is 4.79 Å². The zero-order valence-electron chi connectivity index (χ0n) is 10.1. The van der Waals surface area contributed by atoms with Gasteiger partial charge in [0.2, 0.25) is 0 Å². The van der Waals surface area contributed by atoms with Gasteiger partial charge in [0.1, 0.15) is 0 Å². The van der Waals surface area contributed by atoms with Crippen LogP contribution >= 0.6 is 0 Å². The van der Waals surface area contributed by atoms with Crippen LogP contribution in [0.25, 0.3) is 0 Å². The molecule has 1 heterocycles. The third kappa shape index (κ3) is 3.39. The van der Waals surface area contributed by atoms with Crippen molar-refractivity contribution >= 4 is 11.7 Å². The van der Waals surface area contributed by atoms with Gasteiger partial charge in [0.25, 0.3) is 0 Å². The monoisotopic (exact) mass is 244 g/mol. The Morgan fingerprint density at radius 1 is 1.39 bits per heavy atom. The highest BCUT2D eigenvalue weighted by Crippen LogP contribution is 2.10. The minimum atomic E-state index is -0.217. The van der Waals surface area contributed by atoms with Gasteiger partial charge >= 0.3 is 6.03 Å². The maximum Gasteiger partial charge on any atom is 0.319 e. The third-order valence-electron chi connectivity index (χ3n) is 2.93. The fourth-order valence-corrected chi connectivity index (χ4v) is 2.06. The Balaban J connectivity index is 1.83. The molecule has 1 saturated heterocycles. The first-order chi connectivity index (χ1) is 8.78. The molecule has 2 amide bonds. The number of benzene rings is 1. The third-order valence-corrected chi connectivity index (χ3v) is 2.93. The second kappa shape index (κ2) is 5.92.